The van der Waals surface area contributed by atoms with E-state index in [9.17, 15) is 0 Å². The highest BCUT2D eigenvalue weighted by atomic mass is 32.2. The second kappa shape index (κ2) is 5.36. The van der Waals surface area contributed by atoms with Crippen LogP contribution in [0.5, 0.6) is 0 Å². The monoisotopic (exact) mass is 251 g/mol. The predicted octanol–water partition coefficient (Wildman–Crippen LogP) is 2.76. The van der Waals surface area contributed by atoms with Crippen molar-refractivity contribution in [2.75, 3.05) is 0 Å². The Balaban J connectivity index is 2.08. The van der Waals surface area contributed by atoms with Crippen LogP contribution >= 0.6 is 11.8 Å². The topological polar surface area (TPSA) is 51.8 Å². The first-order valence-electron chi connectivity index (χ1n) is 6.30. The fourth-order valence-corrected chi connectivity index (χ4v) is 3.54. The number of nitrogens with two attached hydrogens (primary N) is 1. The van der Waals surface area contributed by atoms with Gasteiger partial charge in [-0.05, 0) is 45.6 Å². The molecule has 0 saturated heterocycles. The summed E-state index contributed by atoms with van der Waals surface area (Å²) >= 11 is 1.80. The molecular weight excluding hydrogens is 230 g/mol. The Morgan fingerprint density at radius 3 is 2.35 bits per heavy atom. The summed E-state index contributed by atoms with van der Waals surface area (Å²) in [6.45, 7) is 6.19. The molecule has 0 bridgehead atoms. The Hall–Kier alpha value is -0.610. The second-order valence-corrected chi connectivity index (χ2v) is 6.24. The van der Waals surface area contributed by atoms with Crippen LogP contribution in [-0.2, 0) is 0 Å². The minimum atomic E-state index is 0.369. The number of rotatable bonds is 2. The molecule has 4 heteroatoms. The van der Waals surface area contributed by atoms with Crippen molar-refractivity contribution >= 4 is 11.8 Å². The van der Waals surface area contributed by atoms with Gasteiger partial charge in [-0.25, -0.2) is 9.97 Å². The van der Waals surface area contributed by atoms with E-state index in [0.717, 1.165) is 23.0 Å². The number of thioether (sulfide) groups is 1. The van der Waals surface area contributed by atoms with Crippen molar-refractivity contribution in [3.8, 4) is 0 Å². The largest absolute Gasteiger partial charge is 0.328 e. The van der Waals surface area contributed by atoms with Gasteiger partial charge in [0.2, 0.25) is 0 Å². The third-order valence-electron chi connectivity index (χ3n) is 3.55. The van der Waals surface area contributed by atoms with Crippen molar-refractivity contribution in [2.24, 2.45) is 5.73 Å². The van der Waals surface area contributed by atoms with E-state index in [2.05, 4.69) is 30.7 Å². The summed E-state index contributed by atoms with van der Waals surface area (Å²) < 4.78 is 0. The molecule has 17 heavy (non-hydrogen) atoms. The Morgan fingerprint density at radius 2 is 1.76 bits per heavy atom. The summed E-state index contributed by atoms with van der Waals surface area (Å²) in [6, 6.07) is 0.369. The highest BCUT2D eigenvalue weighted by Crippen LogP contribution is 2.31. The fraction of sp³-hybridized carbons (Fsp3) is 0.692. The number of nitrogens with zero attached hydrogens (tertiary/aromatic N) is 2. The van der Waals surface area contributed by atoms with Crippen LogP contribution < -0.4 is 5.73 Å². The quantitative estimate of drug-likeness (QED) is 0.821. The first-order chi connectivity index (χ1) is 8.06. The second-order valence-electron chi connectivity index (χ2n) is 4.97. The van der Waals surface area contributed by atoms with Crippen LogP contribution in [0, 0.1) is 20.8 Å². The van der Waals surface area contributed by atoms with E-state index in [0.29, 0.717) is 11.3 Å². The van der Waals surface area contributed by atoms with Crippen LogP contribution in [0.3, 0.4) is 0 Å². The molecule has 2 unspecified atom stereocenters. The first kappa shape index (κ1) is 12.8. The molecule has 2 N–H and O–H groups in total. The van der Waals surface area contributed by atoms with Crippen molar-refractivity contribution in [2.45, 2.75) is 62.9 Å². The maximum atomic E-state index is 6.01. The van der Waals surface area contributed by atoms with Gasteiger partial charge >= 0.3 is 0 Å². The van der Waals surface area contributed by atoms with Gasteiger partial charge in [-0.3, -0.25) is 0 Å². The number of hydrogen-bond donors (Lipinski definition) is 1. The average molecular weight is 251 g/mol. The van der Waals surface area contributed by atoms with Crippen molar-refractivity contribution in [3.63, 3.8) is 0 Å². The van der Waals surface area contributed by atoms with Crippen molar-refractivity contribution < 1.29 is 0 Å². The predicted molar refractivity (Wildman–Crippen MR) is 72.3 cm³/mol. The molecule has 0 spiro atoms. The summed E-state index contributed by atoms with van der Waals surface area (Å²) in [4.78, 5) is 9.13. The van der Waals surface area contributed by atoms with E-state index >= 15 is 0 Å². The molecule has 1 saturated carbocycles. The van der Waals surface area contributed by atoms with Gasteiger partial charge in [0.05, 0.1) is 0 Å². The van der Waals surface area contributed by atoms with E-state index in [1.165, 1.54) is 24.8 Å². The van der Waals surface area contributed by atoms with E-state index in [4.69, 9.17) is 5.73 Å². The van der Waals surface area contributed by atoms with Gasteiger partial charge in [-0.2, -0.15) is 0 Å². The first-order valence-corrected chi connectivity index (χ1v) is 7.18. The highest BCUT2D eigenvalue weighted by molar-refractivity contribution is 7.99. The molecule has 0 aliphatic heterocycles. The van der Waals surface area contributed by atoms with Gasteiger partial charge in [0.15, 0.2) is 5.16 Å². The van der Waals surface area contributed by atoms with Crippen LogP contribution in [0.25, 0.3) is 0 Å². The third kappa shape index (κ3) is 3.19. The van der Waals surface area contributed by atoms with E-state index < -0.39 is 0 Å². The number of aryl methyl sites for hydroxylation is 2. The minimum absolute atomic E-state index is 0.369. The minimum Gasteiger partial charge on any atom is -0.328 e. The normalized spacial score (nSPS) is 24.9. The molecular formula is C13H21N3S. The van der Waals surface area contributed by atoms with Gasteiger partial charge in [0, 0.05) is 22.7 Å². The van der Waals surface area contributed by atoms with Crippen LogP contribution in [-0.4, -0.2) is 21.3 Å². The Morgan fingerprint density at radius 1 is 1.12 bits per heavy atom. The van der Waals surface area contributed by atoms with Gasteiger partial charge in [-0.1, -0.05) is 18.2 Å². The average Bonchev–Trinajstić information content (AvgIpc) is 2.26. The lowest BCUT2D eigenvalue weighted by Crippen LogP contribution is -2.29. The molecule has 1 heterocycles. The molecule has 2 atom stereocenters. The molecule has 3 nitrogen and oxygen atoms in total. The van der Waals surface area contributed by atoms with E-state index in [1.54, 1.807) is 11.8 Å². The Labute approximate surface area is 108 Å². The smallest absolute Gasteiger partial charge is 0.188 e. The Bertz CT molecular complexity index is 383. The third-order valence-corrected chi connectivity index (χ3v) is 4.71. The zero-order valence-corrected chi connectivity index (χ0v) is 11.7. The van der Waals surface area contributed by atoms with Crippen molar-refractivity contribution in [3.05, 3.63) is 17.0 Å². The fourth-order valence-electron chi connectivity index (χ4n) is 2.23. The van der Waals surface area contributed by atoms with E-state index in [1.807, 2.05) is 0 Å². The molecule has 1 fully saturated rings. The molecule has 0 radical (unpaired) electrons. The van der Waals surface area contributed by atoms with Crippen molar-refractivity contribution in [1.29, 1.82) is 0 Å². The molecule has 1 aliphatic rings. The molecule has 0 aromatic carbocycles. The van der Waals surface area contributed by atoms with Crippen molar-refractivity contribution in [1.82, 2.24) is 9.97 Å². The highest BCUT2D eigenvalue weighted by Gasteiger charge is 2.21. The standard InChI is InChI=1S/C13H21N3S/c1-8-9(2)15-13(16-10(8)3)17-12-6-4-5-11(14)7-12/h11-12H,4-7,14H2,1-3H3. The molecule has 94 valence electrons. The SMILES string of the molecule is Cc1nc(SC2CCCC(N)C2)nc(C)c1C. The lowest BCUT2D eigenvalue weighted by atomic mass is 9.96. The van der Waals surface area contributed by atoms with Crippen LogP contribution in [0.15, 0.2) is 5.16 Å². The molecule has 2 rings (SSSR count). The molecule has 0 amide bonds. The summed E-state index contributed by atoms with van der Waals surface area (Å²) in [5.41, 5.74) is 9.41. The molecule has 1 aromatic heterocycles. The zero-order valence-electron chi connectivity index (χ0n) is 10.9. The van der Waals surface area contributed by atoms with Gasteiger partial charge in [0.25, 0.3) is 0 Å². The Kier molecular flexibility index (Phi) is 4.05. The molecule has 1 aromatic rings. The van der Waals surface area contributed by atoms with Gasteiger partial charge in [0.1, 0.15) is 0 Å². The van der Waals surface area contributed by atoms with Gasteiger partial charge in [-0.15, -0.1) is 0 Å². The maximum absolute atomic E-state index is 6.01. The lowest BCUT2D eigenvalue weighted by molar-refractivity contribution is 0.451. The van der Waals surface area contributed by atoms with Crippen LogP contribution in [0.1, 0.15) is 42.6 Å². The number of aromatic nitrogens is 2. The summed E-state index contributed by atoms with van der Waals surface area (Å²) in [7, 11) is 0. The number of hydrogen-bond acceptors (Lipinski definition) is 4. The zero-order chi connectivity index (χ0) is 12.4. The summed E-state index contributed by atoms with van der Waals surface area (Å²) in [5, 5.41) is 1.52. The van der Waals surface area contributed by atoms with E-state index in [-0.39, 0.29) is 0 Å². The van der Waals surface area contributed by atoms with Crippen LogP contribution in [0.4, 0.5) is 0 Å². The summed E-state index contributed by atoms with van der Waals surface area (Å²) in [5.74, 6) is 0. The maximum Gasteiger partial charge on any atom is 0.188 e. The lowest BCUT2D eigenvalue weighted by Gasteiger charge is -2.25. The van der Waals surface area contributed by atoms with Crippen LogP contribution in [0.2, 0.25) is 0 Å². The molecule has 1 aliphatic carbocycles. The summed E-state index contributed by atoms with van der Waals surface area (Å²) in [6.07, 6.45) is 4.75. The van der Waals surface area contributed by atoms with Gasteiger partial charge < -0.3 is 5.73 Å².